The van der Waals surface area contributed by atoms with Gasteiger partial charge in [-0.15, -0.1) is 0 Å². The zero-order valence-corrected chi connectivity index (χ0v) is 10.1. The SMILES string of the molecule is O=[N+]([O-])c1cc(CCN2CCNCC2)ccc1F. The molecule has 0 radical (unpaired) electrons. The van der Waals surface area contributed by atoms with Crippen LogP contribution in [0.15, 0.2) is 18.2 Å². The summed E-state index contributed by atoms with van der Waals surface area (Å²) in [7, 11) is 0. The van der Waals surface area contributed by atoms with Crippen molar-refractivity contribution in [3.63, 3.8) is 0 Å². The van der Waals surface area contributed by atoms with Gasteiger partial charge < -0.3 is 10.2 Å². The number of benzene rings is 1. The zero-order valence-electron chi connectivity index (χ0n) is 10.1. The predicted octanol–water partition coefficient (Wildman–Crippen LogP) is 1.18. The van der Waals surface area contributed by atoms with E-state index < -0.39 is 16.4 Å². The van der Waals surface area contributed by atoms with Crippen LogP contribution in [0.1, 0.15) is 5.56 Å². The summed E-state index contributed by atoms with van der Waals surface area (Å²) in [4.78, 5) is 12.2. The lowest BCUT2D eigenvalue weighted by Crippen LogP contribution is -2.44. The van der Waals surface area contributed by atoms with Crippen molar-refractivity contribution in [3.05, 3.63) is 39.7 Å². The second kappa shape index (κ2) is 5.88. The molecule has 98 valence electrons. The van der Waals surface area contributed by atoms with E-state index in [2.05, 4.69) is 10.2 Å². The molecule has 0 spiro atoms. The number of nitro benzene ring substituents is 1. The lowest BCUT2D eigenvalue weighted by molar-refractivity contribution is -0.387. The first-order chi connectivity index (χ1) is 8.66. The van der Waals surface area contributed by atoms with Gasteiger partial charge in [0.05, 0.1) is 4.92 Å². The highest BCUT2D eigenvalue weighted by Gasteiger charge is 2.15. The Kier molecular flexibility index (Phi) is 4.22. The first-order valence-electron chi connectivity index (χ1n) is 6.03. The van der Waals surface area contributed by atoms with Gasteiger partial charge in [-0.2, -0.15) is 4.39 Å². The Hall–Kier alpha value is -1.53. The molecule has 2 rings (SSSR count). The highest BCUT2D eigenvalue weighted by atomic mass is 19.1. The third-order valence-electron chi connectivity index (χ3n) is 3.13. The predicted molar refractivity (Wildman–Crippen MR) is 66.1 cm³/mol. The van der Waals surface area contributed by atoms with Crippen LogP contribution >= 0.6 is 0 Å². The summed E-state index contributed by atoms with van der Waals surface area (Å²) in [5.41, 5.74) is 0.370. The summed E-state index contributed by atoms with van der Waals surface area (Å²) in [6.07, 6.45) is 0.709. The minimum Gasteiger partial charge on any atom is -0.314 e. The second-order valence-electron chi connectivity index (χ2n) is 4.38. The van der Waals surface area contributed by atoms with E-state index in [1.165, 1.54) is 12.1 Å². The molecule has 6 heteroatoms. The van der Waals surface area contributed by atoms with Crippen LogP contribution in [0.25, 0.3) is 0 Å². The fraction of sp³-hybridized carbons (Fsp3) is 0.500. The molecule has 1 N–H and O–H groups in total. The lowest BCUT2D eigenvalue weighted by Gasteiger charge is -2.27. The quantitative estimate of drug-likeness (QED) is 0.646. The van der Waals surface area contributed by atoms with Gasteiger partial charge in [0.25, 0.3) is 0 Å². The summed E-state index contributed by atoms with van der Waals surface area (Å²) in [5, 5.41) is 13.9. The summed E-state index contributed by atoms with van der Waals surface area (Å²) in [6.45, 7) is 4.78. The van der Waals surface area contributed by atoms with Gasteiger partial charge >= 0.3 is 5.69 Å². The monoisotopic (exact) mass is 253 g/mol. The third kappa shape index (κ3) is 3.24. The van der Waals surface area contributed by atoms with Crippen LogP contribution in [-0.2, 0) is 6.42 Å². The molecule has 5 nitrogen and oxygen atoms in total. The second-order valence-corrected chi connectivity index (χ2v) is 4.38. The van der Waals surface area contributed by atoms with Crippen LogP contribution in [0.5, 0.6) is 0 Å². The molecule has 0 aromatic heterocycles. The number of hydrogen-bond donors (Lipinski definition) is 1. The summed E-state index contributed by atoms with van der Waals surface area (Å²) in [6, 6.07) is 4.12. The van der Waals surface area contributed by atoms with Crippen molar-refractivity contribution in [2.45, 2.75) is 6.42 Å². The Balaban J connectivity index is 1.96. The van der Waals surface area contributed by atoms with Gasteiger partial charge in [0.2, 0.25) is 5.82 Å². The van der Waals surface area contributed by atoms with Crippen molar-refractivity contribution in [3.8, 4) is 0 Å². The molecule has 1 aromatic rings. The molecule has 18 heavy (non-hydrogen) atoms. The third-order valence-corrected chi connectivity index (χ3v) is 3.13. The molecule has 1 saturated heterocycles. The maximum Gasteiger partial charge on any atom is 0.305 e. The maximum absolute atomic E-state index is 13.2. The van der Waals surface area contributed by atoms with Gasteiger partial charge in [-0.05, 0) is 18.1 Å². The molecule has 0 bridgehead atoms. The van der Waals surface area contributed by atoms with Gasteiger partial charge in [-0.1, -0.05) is 6.07 Å². The topological polar surface area (TPSA) is 58.4 Å². The van der Waals surface area contributed by atoms with Gasteiger partial charge in [-0.3, -0.25) is 10.1 Å². The molecule has 1 aromatic carbocycles. The number of hydrogen-bond acceptors (Lipinski definition) is 4. The Bertz CT molecular complexity index is 433. The summed E-state index contributed by atoms with van der Waals surface area (Å²) in [5.74, 6) is -0.772. The van der Waals surface area contributed by atoms with Crippen LogP contribution < -0.4 is 5.32 Å². The van der Waals surface area contributed by atoms with Crippen molar-refractivity contribution in [1.82, 2.24) is 10.2 Å². The molecule has 1 aliphatic rings. The Morgan fingerprint density at radius 2 is 2.11 bits per heavy atom. The molecule has 0 atom stereocenters. The van der Waals surface area contributed by atoms with E-state index >= 15 is 0 Å². The van der Waals surface area contributed by atoms with E-state index in [0.717, 1.165) is 38.3 Å². The number of rotatable bonds is 4. The van der Waals surface area contributed by atoms with Crippen molar-refractivity contribution >= 4 is 5.69 Å². The van der Waals surface area contributed by atoms with Crippen LogP contribution in [0.2, 0.25) is 0 Å². The highest BCUT2D eigenvalue weighted by molar-refractivity contribution is 5.36. The minimum absolute atomic E-state index is 0.437. The fourth-order valence-corrected chi connectivity index (χ4v) is 2.08. The number of nitro groups is 1. The normalized spacial score (nSPS) is 16.7. The molecule has 1 aliphatic heterocycles. The minimum atomic E-state index is -0.772. The average molecular weight is 253 g/mol. The molecular weight excluding hydrogens is 237 g/mol. The van der Waals surface area contributed by atoms with Crippen molar-refractivity contribution in [2.24, 2.45) is 0 Å². The Labute approximate surface area is 105 Å². The van der Waals surface area contributed by atoms with E-state index in [9.17, 15) is 14.5 Å². The standard InChI is InChI=1S/C12H16FN3O2/c13-11-2-1-10(9-12(11)16(17)18)3-6-15-7-4-14-5-8-15/h1-2,9,14H,3-8H2. The molecule has 0 amide bonds. The maximum atomic E-state index is 13.2. The Morgan fingerprint density at radius 1 is 1.39 bits per heavy atom. The number of nitrogens with zero attached hydrogens (tertiary/aromatic N) is 2. The molecule has 0 saturated carbocycles. The molecular formula is C12H16FN3O2. The first-order valence-corrected chi connectivity index (χ1v) is 6.03. The van der Waals surface area contributed by atoms with E-state index in [1.807, 2.05) is 0 Å². The van der Waals surface area contributed by atoms with Crippen molar-refractivity contribution in [1.29, 1.82) is 0 Å². The first kappa shape index (κ1) is 12.9. The van der Waals surface area contributed by atoms with Crippen molar-refractivity contribution in [2.75, 3.05) is 32.7 Å². The average Bonchev–Trinajstić information content (AvgIpc) is 2.38. The van der Waals surface area contributed by atoms with Crippen LogP contribution in [0, 0.1) is 15.9 Å². The molecule has 0 unspecified atom stereocenters. The molecule has 1 fully saturated rings. The van der Waals surface area contributed by atoms with Gasteiger partial charge in [0.1, 0.15) is 0 Å². The van der Waals surface area contributed by atoms with Gasteiger partial charge in [0, 0.05) is 38.8 Å². The smallest absolute Gasteiger partial charge is 0.305 e. The van der Waals surface area contributed by atoms with Crippen LogP contribution in [-0.4, -0.2) is 42.5 Å². The van der Waals surface area contributed by atoms with Crippen LogP contribution in [0.3, 0.4) is 0 Å². The van der Waals surface area contributed by atoms with Crippen LogP contribution in [0.4, 0.5) is 10.1 Å². The summed E-state index contributed by atoms with van der Waals surface area (Å²) >= 11 is 0. The summed E-state index contributed by atoms with van der Waals surface area (Å²) < 4.78 is 13.2. The van der Waals surface area contributed by atoms with E-state index in [-0.39, 0.29) is 0 Å². The molecule has 0 aliphatic carbocycles. The molecule has 1 heterocycles. The van der Waals surface area contributed by atoms with E-state index in [0.29, 0.717) is 6.42 Å². The number of halogens is 1. The van der Waals surface area contributed by atoms with E-state index in [4.69, 9.17) is 0 Å². The lowest BCUT2D eigenvalue weighted by atomic mass is 10.1. The number of piperazine rings is 1. The largest absolute Gasteiger partial charge is 0.314 e. The van der Waals surface area contributed by atoms with E-state index in [1.54, 1.807) is 6.07 Å². The number of nitrogens with one attached hydrogen (secondary N) is 1. The highest BCUT2D eigenvalue weighted by Crippen LogP contribution is 2.18. The Morgan fingerprint density at radius 3 is 2.78 bits per heavy atom. The van der Waals surface area contributed by atoms with Crippen molar-refractivity contribution < 1.29 is 9.31 Å². The van der Waals surface area contributed by atoms with Gasteiger partial charge in [-0.25, -0.2) is 0 Å². The fourth-order valence-electron chi connectivity index (χ4n) is 2.08. The zero-order chi connectivity index (χ0) is 13.0. The van der Waals surface area contributed by atoms with Gasteiger partial charge in [0.15, 0.2) is 0 Å².